The topological polar surface area (TPSA) is 18.5 Å². The number of hydrogen-bond acceptors (Lipinski definition) is 2. The molecule has 0 aromatic rings. The molecule has 1 atom stereocenters. The van der Waals surface area contributed by atoms with E-state index >= 15 is 0 Å². The van der Waals surface area contributed by atoms with Gasteiger partial charge in [0.05, 0.1) is 0 Å². The van der Waals surface area contributed by atoms with Gasteiger partial charge in [-0.05, 0) is 0 Å². The van der Waals surface area contributed by atoms with Gasteiger partial charge in [0.1, 0.15) is 0 Å². The molecule has 2 radical (unpaired) electrons. The molecule has 90 valence electrons. The first-order valence-corrected chi connectivity index (χ1v) is 8.66. The van der Waals surface area contributed by atoms with E-state index in [4.69, 9.17) is 6.15 Å². The summed E-state index contributed by atoms with van der Waals surface area (Å²) in [7, 11) is 0. The van der Waals surface area contributed by atoms with E-state index < -0.39 is 22.0 Å². The zero-order valence-corrected chi connectivity index (χ0v) is 13.4. The van der Waals surface area contributed by atoms with Crippen molar-refractivity contribution in [2.24, 2.45) is 5.92 Å². The third-order valence-electron chi connectivity index (χ3n) is 2.58. The van der Waals surface area contributed by atoms with Gasteiger partial charge in [0.2, 0.25) is 0 Å². The van der Waals surface area contributed by atoms with Crippen LogP contribution in [0, 0.1) is 5.92 Å². The summed E-state index contributed by atoms with van der Waals surface area (Å²) >= 11 is -0.944. The van der Waals surface area contributed by atoms with Crippen LogP contribution < -0.4 is 0 Å². The molecule has 0 saturated carbocycles. The van der Waals surface area contributed by atoms with Gasteiger partial charge in [-0.25, -0.2) is 0 Å². The van der Waals surface area contributed by atoms with Crippen molar-refractivity contribution in [3.05, 3.63) is 0 Å². The summed E-state index contributed by atoms with van der Waals surface area (Å²) in [5.41, 5.74) is 0. The van der Waals surface area contributed by atoms with E-state index in [1.165, 1.54) is 38.5 Å². The Labute approximate surface area is 106 Å². The van der Waals surface area contributed by atoms with E-state index in [0.29, 0.717) is 0 Å². The number of hydrogen-bond donors (Lipinski definition) is 0. The maximum atomic E-state index is 5.68. The Morgan fingerprint density at radius 2 is 1.73 bits per heavy atom. The van der Waals surface area contributed by atoms with Crippen LogP contribution in [0.25, 0.3) is 0 Å². The molecule has 0 aromatic heterocycles. The van der Waals surface area contributed by atoms with E-state index in [0.717, 1.165) is 19.1 Å². The summed E-state index contributed by atoms with van der Waals surface area (Å²) in [6.07, 6.45) is 7.59. The Bertz CT molecular complexity index is 120. The Hall–Kier alpha value is 0.719. The number of rotatable bonds is 11. The van der Waals surface area contributed by atoms with E-state index in [-0.39, 0.29) is 0 Å². The van der Waals surface area contributed by atoms with Gasteiger partial charge < -0.3 is 0 Å². The van der Waals surface area contributed by atoms with Crippen LogP contribution in [0.4, 0.5) is 0 Å². The molecule has 1 unspecified atom stereocenters. The van der Waals surface area contributed by atoms with Crippen molar-refractivity contribution < 1.29 is 6.15 Å². The Morgan fingerprint density at radius 3 is 2.33 bits per heavy atom. The third-order valence-corrected chi connectivity index (χ3v) is 4.31. The SMILES string of the molecule is CCCC[O][Sn][O]CC(CC)CCCC. The first-order chi connectivity index (χ1) is 7.35. The van der Waals surface area contributed by atoms with Crippen molar-refractivity contribution in [1.29, 1.82) is 0 Å². The van der Waals surface area contributed by atoms with Gasteiger partial charge in [-0.3, -0.25) is 0 Å². The molecule has 0 spiro atoms. The summed E-state index contributed by atoms with van der Waals surface area (Å²) in [5, 5.41) is 0. The van der Waals surface area contributed by atoms with Gasteiger partial charge in [-0.2, -0.15) is 0 Å². The van der Waals surface area contributed by atoms with E-state index in [2.05, 4.69) is 20.8 Å². The predicted molar refractivity (Wildman–Crippen MR) is 65.9 cm³/mol. The van der Waals surface area contributed by atoms with Crippen molar-refractivity contribution in [3.8, 4) is 0 Å². The van der Waals surface area contributed by atoms with Crippen molar-refractivity contribution in [2.45, 2.75) is 59.3 Å². The van der Waals surface area contributed by atoms with Crippen molar-refractivity contribution in [3.63, 3.8) is 0 Å². The minimum absolute atomic E-state index is 0.764. The predicted octanol–water partition coefficient (Wildman–Crippen LogP) is 3.57. The molecule has 0 aliphatic carbocycles. The Kier molecular flexibility index (Phi) is 13.4. The summed E-state index contributed by atoms with van der Waals surface area (Å²) in [5.74, 6) is 0.764. The fourth-order valence-electron chi connectivity index (χ4n) is 1.35. The molecule has 0 N–H and O–H groups in total. The van der Waals surface area contributed by atoms with Crippen LogP contribution in [0.1, 0.15) is 59.3 Å². The molecule has 0 heterocycles. The second kappa shape index (κ2) is 12.8. The maximum absolute atomic E-state index is 5.68. The summed E-state index contributed by atoms with van der Waals surface area (Å²) < 4.78 is 11.2. The standard InChI is InChI=1S/C8H17O.C4H9O.Sn/c1-3-5-6-8(4-2)7-9;1-2-3-4-5;/h8H,3-7H2,1-2H3;2-4H2,1H3;/q2*-1;+2. The number of unbranched alkanes of at least 4 members (excludes halogenated alkanes) is 2. The first kappa shape index (κ1) is 15.7. The molecule has 0 aliphatic rings. The van der Waals surface area contributed by atoms with Crippen LogP contribution >= 0.6 is 0 Å². The molecular formula is C12H26O2Sn. The van der Waals surface area contributed by atoms with Crippen LogP contribution in [0.5, 0.6) is 0 Å². The Balaban J connectivity index is 3.22. The second-order valence-electron chi connectivity index (χ2n) is 4.01. The fourth-order valence-corrected chi connectivity index (χ4v) is 3.10. The van der Waals surface area contributed by atoms with Gasteiger partial charge in [0, 0.05) is 0 Å². The molecular weight excluding hydrogens is 295 g/mol. The van der Waals surface area contributed by atoms with Crippen molar-refractivity contribution in [1.82, 2.24) is 0 Å². The molecule has 15 heavy (non-hydrogen) atoms. The van der Waals surface area contributed by atoms with Gasteiger partial charge in [-0.1, -0.05) is 0 Å². The molecule has 0 aromatic carbocycles. The molecule has 0 rings (SSSR count). The molecule has 0 aliphatic heterocycles. The van der Waals surface area contributed by atoms with Crippen LogP contribution in [-0.4, -0.2) is 35.2 Å². The summed E-state index contributed by atoms with van der Waals surface area (Å²) in [6.45, 7) is 8.54. The Morgan fingerprint density at radius 1 is 1.00 bits per heavy atom. The zero-order chi connectivity index (χ0) is 11.4. The quantitative estimate of drug-likeness (QED) is 0.428. The van der Waals surface area contributed by atoms with Crippen molar-refractivity contribution in [2.75, 3.05) is 13.2 Å². The fraction of sp³-hybridized carbons (Fsp3) is 1.00. The third kappa shape index (κ3) is 11.0. The van der Waals surface area contributed by atoms with Gasteiger partial charge in [-0.15, -0.1) is 0 Å². The van der Waals surface area contributed by atoms with Gasteiger partial charge >= 0.3 is 107 Å². The average Bonchev–Trinajstić information content (AvgIpc) is 2.27. The summed E-state index contributed by atoms with van der Waals surface area (Å²) in [6, 6.07) is 0. The van der Waals surface area contributed by atoms with Gasteiger partial charge in [0.15, 0.2) is 0 Å². The van der Waals surface area contributed by atoms with E-state index in [1.807, 2.05) is 0 Å². The zero-order valence-electron chi connectivity index (χ0n) is 10.6. The average molecular weight is 321 g/mol. The molecule has 0 saturated heterocycles. The van der Waals surface area contributed by atoms with E-state index in [1.54, 1.807) is 0 Å². The van der Waals surface area contributed by atoms with Crippen LogP contribution in [0.2, 0.25) is 0 Å². The van der Waals surface area contributed by atoms with Crippen LogP contribution in [0.3, 0.4) is 0 Å². The van der Waals surface area contributed by atoms with Crippen LogP contribution in [-0.2, 0) is 6.15 Å². The molecule has 3 heteroatoms. The van der Waals surface area contributed by atoms with E-state index in [9.17, 15) is 0 Å². The molecule has 0 bridgehead atoms. The molecule has 0 amide bonds. The monoisotopic (exact) mass is 322 g/mol. The normalized spacial score (nSPS) is 13.0. The minimum atomic E-state index is -0.944. The van der Waals surface area contributed by atoms with Crippen molar-refractivity contribution >= 4 is 22.0 Å². The summed E-state index contributed by atoms with van der Waals surface area (Å²) in [4.78, 5) is 0. The molecule has 0 fully saturated rings. The second-order valence-corrected chi connectivity index (χ2v) is 6.14. The van der Waals surface area contributed by atoms with Crippen LogP contribution in [0.15, 0.2) is 0 Å². The first-order valence-electron chi connectivity index (χ1n) is 6.33. The van der Waals surface area contributed by atoms with Gasteiger partial charge in [0.25, 0.3) is 0 Å². The molecule has 2 nitrogen and oxygen atoms in total.